The van der Waals surface area contributed by atoms with Crippen LogP contribution in [-0.4, -0.2) is 33.4 Å². The van der Waals surface area contributed by atoms with Crippen molar-refractivity contribution in [1.29, 1.82) is 0 Å². The number of anilines is 3. The van der Waals surface area contributed by atoms with Crippen LogP contribution in [-0.2, 0) is 5.75 Å². The molecule has 0 heterocycles. The second-order valence-corrected chi connectivity index (χ2v) is 11.6. The Kier molecular flexibility index (Phi) is 10.7. The molecule has 0 aromatic heterocycles. The van der Waals surface area contributed by atoms with Gasteiger partial charge in [-0.15, -0.1) is 0 Å². The van der Waals surface area contributed by atoms with Gasteiger partial charge in [-0.05, 0) is 103 Å². The number of thioether (sulfide) groups is 1. The van der Waals surface area contributed by atoms with E-state index in [9.17, 15) is 0 Å². The fourth-order valence-electron chi connectivity index (χ4n) is 4.13. The molecule has 0 saturated heterocycles. The van der Waals surface area contributed by atoms with E-state index in [0.29, 0.717) is 0 Å². The first-order valence-corrected chi connectivity index (χ1v) is 15.5. The molecule has 0 radical (unpaired) electrons. The lowest BCUT2D eigenvalue weighted by atomic mass is 10.2. The number of hydrogen-bond acceptors (Lipinski definition) is 8. The highest BCUT2D eigenvalue weighted by atomic mass is 32.2. The van der Waals surface area contributed by atoms with Gasteiger partial charge in [-0.1, -0.05) is 42.1 Å². The van der Waals surface area contributed by atoms with Crippen LogP contribution in [0.4, 0.5) is 45.5 Å². The van der Waals surface area contributed by atoms with Gasteiger partial charge in [-0.25, -0.2) is 4.99 Å². The van der Waals surface area contributed by atoms with Gasteiger partial charge in [0.05, 0.1) is 28.4 Å². The number of amidine groups is 1. The zero-order valence-corrected chi connectivity index (χ0v) is 26.7. The van der Waals surface area contributed by atoms with Crippen LogP contribution in [0.5, 0.6) is 0 Å². The standard InChI is InChI=1S/C36H36N8S/c1-43(2)34-22-18-32(19-23-34)41-39-30-14-10-28(11-15-30)37-36(45-26-27-8-6-5-7-9-27)38-29-12-16-31(17-13-29)40-42-33-20-24-35(25-21-33)44(3)4/h5-25H,26H2,1-4H3,(H,37,38). The molecule has 5 aromatic rings. The number of nitrogens with zero attached hydrogens (tertiary/aromatic N) is 7. The molecule has 0 amide bonds. The van der Waals surface area contributed by atoms with Crippen LogP contribution in [0.15, 0.2) is 153 Å². The fourth-order valence-corrected chi connectivity index (χ4v) is 4.99. The van der Waals surface area contributed by atoms with Gasteiger partial charge in [0.15, 0.2) is 5.17 Å². The monoisotopic (exact) mass is 612 g/mol. The molecule has 0 saturated carbocycles. The lowest BCUT2D eigenvalue weighted by Crippen LogP contribution is -2.07. The quantitative estimate of drug-likeness (QED) is 0.0966. The van der Waals surface area contributed by atoms with Gasteiger partial charge in [-0.2, -0.15) is 20.5 Å². The average Bonchev–Trinajstić information content (AvgIpc) is 3.07. The van der Waals surface area contributed by atoms with E-state index in [0.717, 1.165) is 56.4 Å². The molecule has 9 heteroatoms. The molecule has 8 nitrogen and oxygen atoms in total. The summed E-state index contributed by atoms with van der Waals surface area (Å²) in [5, 5.41) is 21.8. The summed E-state index contributed by atoms with van der Waals surface area (Å²) in [4.78, 5) is 9.02. The molecule has 45 heavy (non-hydrogen) atoms. The van der Waals surface area contributed by atoms with Crippen LogP contribution < -0.4 is 15.1 Å². The maximum absolute atomic E-state index is 4.92. The second-order valence-electron chi connectivity index (χ2n) is 10.6. The third kappa shape index (κ3) is 9.61. The highest BCUT2D eigenvalue weighted by Crippen LogP contribution is 2.27. The van der Waals surface area contributed by atoms with E-state index >= 15 is 0 Å². The fraction of sp³-hybridized carbons (Fsp3) is 0.139. The van der Waals surface area contributed by atoms with Gasteiger partial charge in [0, 0.05) is 51.0 Å². The predicted molar refractivity (Wildman–Crippen MR) is 191 cm³/mol. The Hall–Kier alpha value is -5.28. The van der Waals surface area contributed by atoms with Crippen LogP contribution in [0.1, 0.15) is 5.56 Å². The molecular formula is C36H36N8S. The number of azo groups is 2. The zero-order valence-electron chi connectivity index (χ0n) is 25.9. The summed E-state index contributed by atoms with van der Waals surface area (Å²) in [6, 6.07) is 41.9. The third-order valence-electron chi connectivity index (χ3n) is 6.71. The van der Waals surface area contributed by atoms with Gasteiger partial charge in [0.2, 0.25) is 0 Å². The minimum atomic E-state index is 0.760. The number of benzene rings is 5. The molecule has 0 spiro atoms. The van der Waals surface area contributed by atoms with Crippen LogP contribution >= 0.6 is 11.8 Å². The molecule has 5 rings (SSSR count). The summed E-state index contributed by atoms with van der Waals surface area (Å²) in [5.41, 5.74) is 8.33. The van der Waals surface area contributed by atoms with E-state index in [-0.39, 0.29) is 0 Å². The molecule has 0 fully saturated rings. The molecular weight excluding hydrogens is 577 g/mol. The Morgan fingerprint density at radius 2 is 0.911 bits per heavy atom. The van der Waals surface area contributed by atoms with Crippen molar-refractivity contribution in [2.75, 3.05) is 43.3 Å². The summed E-state index contributed by atoms with van der Waals surface area (Å²) in [7, 11) is 8.05. The molecule has 0 unspecified atom stereocenters. The first-order chi connectivity index (χ1) is 21.9. The number of nitrogens with one attached hydrogen (secondary N) is 1. The maximum atomic E-state index is 4.92. The largest absolute Gasteiger partial charge is 0.378 e. The van der Waals surface area contributed by atoms with E-state index in [2.05, 4.69) is 47.7 Å². The maximum Gasteiger partial charge on any atom is 0.166 e. The van der Waals surface area contributed by atoms with Crippen LogP contribution in [0, 0.1) is 0 Å². The van der Waals surface area contributed by atoms with Crippen molar-refractivity contribution in [3.8, 4) is 0 Å². The van der Waals surface area contributed by atoms with Gasteiger partial charge in [0.25, 0.3) is 0 Å². The van der Waals surface area contributed by atoms with Crippen molar-refractivity contribution in [2.24, 2.45) is 25.4 Å². The lowest BCUT2D eigenvalue weighted by molar-refractivity contribution is 1.13. The Bertz CT molecular complexity index is 1730. The Balaban J connectivity index is 1.27. The number of rotatable bonds is 10. The number of aliphatic imine (C=N–C) groups is 1. The molecule has 0 atom stereocenters. The van der Waals surface area contributed by atoms with Crippen molar-refractivity contribution in [3.05, 3.63) is 133 Å². The van der Waals surface area contributed by atoms with Crippen LogP contribution in [0.25, 0.3) is 0 Å². The highest BCUT2D eigenvalue weighted by molar-refractivity contribution is 8.13. The molecule has 0 bridgehead atoms. The van der Waals surface area contributed by atoms with Crippen molar-refractivity contribution in [1.82, 2.24) is 0 Å². The van der Waals surface area contributed by atoms with E-state index < -0.39 is 0 Å². The molecule has 5 aromatic carbocycles. The zero-order chi connectivity index (χ0) is 31.4. The second kappa shape index (κ2) is 15.4. The molecule has 1 N–H and O–H groups in total. The van der Waals surface area contributed by atoms with Crippen molar-refractivity contribution < 1.29 is 0 Å². The molecule has 226 valence electrons. The molecule has 0 aliphatic heterocycles. The summed E-state index contributed by atoms with van der Waals surface area (Å²) in [5.74, 6) is 0.782. The summed E-state index contributed by atoms with van der Waals surface area (Å²) < 4.78 is 0. The highest BCUT2D eigenvalue weighted by Gasteiger charge is 2.05. The van der Waals surface area contributed by atoms with Gasteiger partial charge in [0.1, 0.15) is 0 Å². The SMILES string of the molecule is CN(C)c1ccc(N=Nc2ccc(N=C(Nc3ccc(N=Nc4ccc(N(C)C)cc4)cc3)SCc3ccccc3)cc2)cc1. The Labute approximate surface area is 269 Å². The lowest BCUT2D eigenvalue weighted by Gasteiger charge is -2.11. The van der Waals surface area contributed by atoms with Crippen molar-refractivity contribution in [3.63, 3.8) is 0 Å². The van der Waals surface area contributed by atoms with Crippen molar-refractivity contribution >= 4 is 62.4 Å². The van der Waals surface area contributed by atoms with Crippen LogP contribution in [0.3, 0.4) is 0 Å². The average molecular weight is 613 g/mol. The summed E-state index contributed by atoms with van der Waals surface area (Å²) >= 11 is 1.64. The Morgan fingerprint density at radius 1 is 0.511 bits per heavy atom. The summed E-state index contributed by atoms with van der Waals surface area (Å²) in [6.45, 7) is 0. The summed E-state index contributed by atoms with van der Waals surface area (Å²) in [6.07, 6.45) is 0. The minimum absolute atomic E-state index is 0.760. The van der Waals surface area contributed by atoms with E-state index in [1.807, 2.05) is 143 Å². The third-order valence-corrected chi connectivity index (χ3v) is 7.66. The normalized spacial score (nSPS) is 11.7. The smallest absolute Gasteiger partial charge is 0.166 e. The van der Waals surface area contributed by atoms with Gasteiger partial charge in [-0.3, -0.25) is 0 Å². The minimum Gasteiger partial charge on any atom is -0.378 e. The first-order valence-electron chi connectivity index (χ1n) is 14.5. The first kappa shape index (κ1) is 31.2. The van der Waals surface area contributed by atoms with E-state index in [4.69, 9.17) is 4.99 Å². The van der Waals surface area contributed by atoms with Gasteiger partial charge < -0.3 is 15.1 Å². The van der Waals surface area contributed by atoms with Crippen molar-refractivity contribution in [2.45, 2.75) is 5.75 Å². The topological polar surface area (TPSA) is 80.3 Å². The Morgan fingerprint density at radius 3 is 1.36 bits per heavy atom. The number of hydrogen-bond donors (Lipinski definition) is 1. The van der Waals surface area contributed by atoms with E-state index in [1.54, 1.807) is 11.8 Å². The molecule has 0 aliphatic rings. The van der Waals surface area contributed by atoms with Crippen LogP contribution in [0.2, 0.25) is 0 Å². The van der Waals surface area contributed by atoms with Gasteiger partial charge >= 0.3 is 0 Å². The molecule has 0 aliphatic carbocycles. The van der Waals surface area contributed by atoms with E-state index in [1.165, 1.54) is 5.56 Å². The predicted octanol–water partition coefficient (Wildman–Crippen LogP) is 10.7.